The number of phenols is 1. The van der Waals surface area contributed by atoms with Crippen LogP contribution in [0.15, 0.2) is 60.2 Å². The third-order valence-corrected chi connectivity index (χ3v) is 4.41. The number of thioether (sulfide) groups is 1. The number of hydrogen-bond donors (Lipinski definition) is 2. The number of amides is 1. The predicted octanol–water partition coefficient (Wildman–Crippen LogP) is 3.17. The Hall–Kier alpha value is -3.06. The fraction of sp³-hybridized carbons (Fsp3) is 0.150. The monoisotopic (exact) mass is 385 g/mol. The zero-order valence-corrected chi connectivity index (χ0v) is 15.5. The van der Waals surface area contributed by atoms with E-state index >= 15 is 0 Å². The predicted molar refractivity (Wildman–Crippen MR) is 106 cm³/mol. The summed E-state index contributed by atoms with van der Waals surface area (Å²) < 4.78 is 0. The van der Waals surface area contributed by atoms with Crippen LogP contribution in [-0.2, 0) is 14.4 Å². The number of carboxylic acids is 1. The highest BCUT2D eigenvalue weighted by molar-refractivity contribution is 8.13. The van der Waals surface area contributed by atoms with Crippen molar-refractivity contribution < 1.29 is 24.6 Å². The molecule has 0 aliphatic rings. The number of rotatable bonds is 7. The molecule has 2 N–H and O–H groups in total. The van der Waals surface area contributed by atoms with Crippen molar-refractivity contribution in [3.8, 4) is 5.75 Å². The van der Waals surface area contributed by atoms with E-state index in [-0.39, 0.29) is 16.6 Å². The first kappa shape index (κ1) is 20.3. The molecule has 6 nitrogen and oxygen atoms in total. The lowest BCUT2D eigenvalue weighted by atomic mass is 10.1. The smallest absolute Gasteiger partial charge is 0.323 e. The second kappa shape index (κ2) is 9.59. The van der Waals surface area contributed by atoms with Gasteiger partial charge < -0.3 is 10.2 Å². The second-order valence-corrected chi connectivity index (χ2v) is 6.81. The lowest BCUT2D eigenvalue weighted by molar-refractivity contribution is -0.136. The molecule has 0 radical (unpaired) electrons. The number of nitrogens with zero attached hydrogens (tertiary/aromatic N) is 1. The van der Waals surface area contributed by atoms with Gasteiger partial charge in [-0.2, -0.15) is 0 Å². The van der Waals surface area contributed by atoms with Gasteiger partial charge in [0.25, 0.3) is 5.91 Å². The average molecular weight is 385 g/mol. The maximum Gasteiger partial charge on any atom is 0.323 e. The van der Waals surface area contributed by atoms with Crippen LogP contribution < -0.4 is 4.90 Å². The fourth-order valence-electron chi connectivity index (χ4n) is 2.32. The molecule has 0 aliphatic heterocycles. The Bertz CT molecular complexity index is 846. The molecule has 0 fully saturated rings. The summed E-state index contributed by atoms with van der Waals surface area (Å²) in [5, 5.41) is 18.5. The molecule has 0 atom stereocenters. The molecule has 0 saturated heterocycles. The minimum Gasteiger partial charge on any atom is -0.508 e. The lowest BCUT2D eigenvalue weighted by Gasteiger charge is -2.22. The molecule has 0 heterocycles. The van der Waals surface area contributed by atoms with Gasteiger partial charge in [-0.1, -0.05) is 42.1 Å². The molecule has 0 spiro atoms. The molecule has 0 aromatic heterocycles. The number of hydrogen-bond acceptors (Lipinski definition) is 5. The molecular formula is C20H19NO5S. The van der Waals surface area contributed by atoms with Crippen molar-refractivity contribution in [2.45, 2.75) is 6.92 Å². The van der Waals surface area contributed by atoms with Crippen LogP contribution in [0.2, 0.25) is 0 Å². The van der Waals surface area contributed by atoms with E-state index in [9.17, 15) is 24.6 Å². The fourth-order valence-corrected chi connectivity index (χ4v) is 2.88. The number of carbonyl (C=O) groups is 3. The molecule has 7 heteroatoms. The standard InChI is InChI=1S/C20H19NO5S/c1-14(22)27-13-16(11-15-5-3-2-4-6-15)20(26)21(12-19(24)25)17-7-9-18(23)10-8-17/h2-11,23H,12-13H2,1H3,(H,24,25). The Morgan fingerprint density at radius 3 is 2.22 bits per heavy atom. The van der Waals surface area contributed by atoms with Gasteiger partial charge in [0.05, 0.1) is 0 Å². The number of aromatic hydroxyl groups is 1. The van der Waals surface area contributed by atoms with Gasteiger partial charge in [0.2, 0.25) is 0 Å². The summed E-state index contributed by atoms with van der Waals surface area (Å²) in [6.07, 6.45) is 1.65. The van der Waals surface area contributed by atoms with Crippen molar-refractivity contribution in [2.24, 2.45) is 0 Å². The van der Waals surface area contributed by atoms with Gasteiger partial charge in [-0.15, -0.1) is 0 Å². The molecule has 2 rings (SSSR count). The van der Waals surface area contributed by atoms with E-state index in [2.05, 4.69) is 0 Å². The number of anilines is 1. The van der Waals surface area contributed by atoms with Crippen LogP contribution in [-0.4, -0.2) is 39.5 Å². The van der Waals surface area contributed by atoms with Gasteiger partial charge in [-0.3, -0.25) is 19.3 Å². The number of benzene rings is 2. The quantitative estimate of drug-likeness (QED) is 0.711. The first-order valence-corrected chi connectivity index (χ1v) is 9.07. The molecule has 140 valence electrons. The highest BCUT2D eigenvalue weighted by Crippen LogP contribution is 2.23. The Morgan fingerprint density at radius 2 is 1.67 bits per heavy atom. The average Bonchev–Trinajstić information content (AvgIpc) is 2.64. The van der Waals surface area contributed by atoms with Crippen LogP contribution in [0.5, 0.6) is 5.75 Å². The Morgan fingerprint density at radius 1 is 1.04 bits per heavy atom. The van der Waals surface area contributed by atoms with Crippen LogP contribution in [0.1, 0.15) is 12.5 Å². The molecule has 0 saturated carbocycles. The largest absolute Gasteiger partial charge is 0.508 e. The van der Waals surface area contributed by atoms with Gasteiger partial charge >= 0.3 is 5.97 Å². The van der Waals surface area contributed by atoms with Crippen LogP contribution in [0, 0.1) is 0 Å². The van der Waals surface area contributed by atoms with Crippen molar-refractivity contribution in [3.63, 3.8) is 0 Å². The van der Waals surface area contributed by atoms with Crippen LogP contribution in [0.25, 0.3) is 6.08 Å². The van der Waals surface area contributed by atoms with E-state index in [1.807, 2.05) is 30.3 Å². The number of carbonyl (C=O) groups excluding carboxylic acids is 2. The van der Waals surface area contributed by atoms with E-state index in [0.29, 0.717) is 11.3 Å². The van der Waals surface area contributed by atoms with Crippen molar-refractivity contribution in [3.05, 3.63) is 65.7 Å². The Kier molecular flexibility index (Phi) is 7.19. The Balaban J connectivity index is 2.41. The molecule has 0 aliphatic carbocycles. The molecular weight excluding hydrogens is 366 g/mol. The first-order chi connectivity index (χ1) is 12.9. The highest BCUT2D eigenvalue weighted by Gasteiger charge is 2.23. The molecule has 1 amide bonds. The Labute approximate surface area is 161 Å². The van der Waals surface area contributed by atoms with E-state index in [1.54, 1.807) is 6.08 Å². The molecule has 2 aromatic carbocycles. The summed E-state index contributed by atoms with van der Waals surface area (Å²) in [5.41, 5.74) is 1.41. The van der Waals surface area contributed by atoms with Gasteiger partial charge in [0.15, 0.2) is 5.12 Å². The minimum absolute atomic E-state index is 0.00802. The van der Waals surface area contributed by atoms with Gasteiger partial charge in [-0.25, -0.2) is 0 Å². The summed E-state index contributed by atoms with van der Waals surface area (Å²) >= 11 is 0.979. The van der Waals surface area contributed by atoms with E-state index in [0.717, 1.165) is 22.2 Å². The van der Waals surface area contributed by atoms with Crippen molar-refractivity contribution >= 4 is 40.5 Å². The van der Waals surface area contributed by atoms with E-state index in [4.69, 9.17) is 0 Å². The topological polar surface area (TPSA) is 94.9 Å². The van der Waals surface area contributed by atoms with E-state index < -0.39 is 18.4 Å². The summed E-state index contributed by atoms with van der Waals surface area (Å²) in [4.78, 5) is 36.8. The molecule has 0 unspecified atom stereocenters. The number of carboxylic acid groups (broad SMARTS) is 1. The van der Waals surface area contributed by atoms with Gasteiger partial charge in [-0.05, 0) is 35.9 Å². The third-order valence-electron chi connectivity index (χ3n) is 3.55. The normalized spacial score (nSPS) is 11.1. The number of phenolic OH excluding ortho intramolecular Hbond substituents is 1. The van der Waals surface area contributed by atoms with Crippen LogP contribution in [0.3, 0.4) is 0 Å². The highest BCUT2D eigenvalue weighted by atomic mass is 32.2. The van der Waals surface area contributed by atoms with E-state index in [1.165, 1.54) is 31.2 Å². The SMILES string of the molecule is CC(=O)SCC(=Cc1ccccc1)C(=O)N(CC(=O)O)c1ccc(O)cc1. The summed E-state index contributed by atoms with van der Waals surface area (Å²) in [6.45, 7) is 0.866. The first-order valence-electron chi connectivity index (χ1n) is 8.08. The summed E-state index contributed by atoms with van der Waals surface area (Å²) in [6, 6.07) is 14.8. The maximum atomic E-state index is 13.1. The summed E-state index contributed by atoms with van der Waals surface area (Å²) in [7, 11) is 0. The second-order valence-electron chi connectivity index (χ2n) is 5.66. The summed E-state index contributed by atoms with van der Waals surface area (Å²) in [5.74, 6) is -1.55. The van der Waals surface area contributed by atoms with Crippen molar-refractivity contribution in [1.29, 1.82) is 0 Å². The maximum absolute atomic E-state index is 13.1. The molecule has 2 aromatic rings. The molecule has 0 bridgehead atoms. The van der Waals surface area contributed by atoms with Crippen molar-refractivity contribution in [2.75, 3.05) is 17.2 Å². The zero-order chi connectivity index (χ0) is 19.8. The molecule has 27 heavy (non-hydrogen) atoms. The lowest BCUT2D eigenvalue weighted by Crippen LogP contribution is -2.37. The van der Waals surface area contributed by atoms with Gasteiger partial charge in [0.1, 0.15) is 12.3 Å². The van der Waals surface area contributed by atoms with Crippen LogP contribution in [0.4, 0.5) is 5.69 Å². The van der Waals surface area contributed by atoms with Crippen LogP contribution >= 0.6 is 11.8 Å². The third kappa shape index (κ3) is 6.31. The number of aliphatic carboxylic acids is 1. The van der Waals surface area contributed by atoms with Crippen molar-refractivity contribution in [1.82, 2.24) is 0 Å². The minimum atomic E-state index is -1.17. The van der Waals surface area contributed by atoms with Gasteiger partial charge in [0, 0.05) is 23.9 Å². The zero-order valence-electron chi connectivity index (χ0n) is 14.7.